The lowest BCUT2D eigenvalue weighted by atomic mass is 9.84. The van der Waals surface area contributed by atoms with Crippen molar-refractivity contribution in [3.63, 3.8) is 0 Å². The van der Waals surface area contributed by atoms with Gasteiger partial charge in [-0.2, -0.15) is 0 Å². The molecule has 0 saturated heterocycles. The Hall–Kier alpha value is -0.530. The van der Waals surface area contributed by atoms with E-state index in [0.717, 1.165) is 5.02 Å². The molecule has 0 amide bonds. The largest absolute Gasteiger partial charge is 0.313 e. The number of hydrogen-bond acceptors (Lipinski definition) is 1. The zero-order valence-corrected chi connectivity index (χ0v) is 13.8. The van der Waals surface area contributed by atoms with Gasteiger partial charge in [0, 0.05) is 11.1 Å². The topological polar surface area (TPSA) is 12.0 Å². The van der Waals surface area contributed by atoms with Gasteiger partial charge in [-0.1, -0.05) is 44.4 Å². The molecule has 0 aromatic heterocycles. The normalized spacial score (nSPS) is 13.0. The molecule has 0 aliphatic heterocycles. The third kappa shape index (κ3) is 4.22. The minimum atomic E-state index is 0.441. The molecule has 0 bridgehead atoms. The number of aryl methyl sites for hydroxylation is 2. The molecule has 1 unspecified atom stereocenters. The fraction of sp³-hybridized carbons (Fsp3) is 0.647. The van der Waals surface area contributed by atoms with Crippen LogP contribution in [0.5, 0.6) is 0 Å². The van der Waals surface area contributed by atoms with E-state index >= 15 is 0 Å². The summed E-state index contributed by atoms with van der Waals surface area (Å²) in [5, 5.41) is 4.41. The van der Waals surface area contributed by atoms with Crippen LogP contribution in [-0.4, -0.2) is 7.05 Å². The van der Waals surface area contributed by atoms with Gasteiger partial charge in [0.05, 0.1) is 0 Å². The van der Waals surface area contributed by atoms with Crippen LogP contribution < -0.4 is 5.32 Å². The summed E-state index contributed by atoms with van der Waals surface area (Å²) in [5.41, 5.74) is 3.89. The van der Waals surface area contributed by atoms with Crippen molar-refractivity contribution in [2.75, 3.05) is 7.05 Å². The van der Waals surface area contributed by atoms with Crippen molar-refractivity contribution in [1.29, 1.82) is 0 Å². The molecular formula is C17H28ClN. The maximum Gasteiger partial charge on any atom is 0.0438 e. The average molecular weight is 282 g/mol. The van der Waals surface area contributed by atoms with Gasteiger partial charge >= 0.3 is 0 Å². The Morgan fingerprint density at radius 2 is 1.63 bits per heavy atom. The van der Waals surface area contributed by atoms with E-state index in [4.69, 9.17) is 11.6 Å². The molecule has 1 rings (SSSR count). The Labute approximate surface area is 123 Å². The Kier molecular flexibility index (Phi) is 6.88. The first kappa shape index (κ1) is 16.5. The fourth-order valence-corrected chi connectivity index (χ4v) is 3.22. The van der Waals surface area contributed by atoms with Gasteiger partial charge in [-0.15, -0.1) is 0 Å². The summed E-state index contributed by atoms with van der Waals surface area (Å²) in [7, 11) is 2.08. The number of benzene rings is 1. The molecule has 0 saturated carbocycles. The van der Waals surface area contributed by atoms with Gasteiger partial charge in [0.25, 0.3) is 0 Å². The fourth-order valence-electron chi connectivity index (χ4n) is 3.00. The number of hydrogen-bond donors (Lipinski definition) is 1. The molecule has 0 fully saturated rings. The second kappa shape index (κ2) is 7.91. The van der Waals surface area contributed by atoms with Crippen LogP contribution in [0.3, 0.4) is 0 Å². The van der Waals surface area contributed by atoms with Gasteiger partial charge in [-0.3, -0.25) is 0 Å². The van der Waals surface area contributed by atoms with E-state index in [1.165, 1.54) is 42.4 Å². The molecule has 0 radical (unpaired) electrons. The summed E-state index contributed by atoms with van der Waals surface area (Å²) >= 11 is 6.22. The lowest BCUT2D eigenvalue weighted by Crippen LogP contribution is -2.26. The summed E-state index contributed by atoms with van der Waals surface area (Å²) in [5.74, 6) is 0.708. The van der Waals surface area contributed by atoms with Crippen molar-refractivity contribution < 1.29 is 0 Å². The minimum Gasteiger partial charge on any atom is -0.313 e. The standard InChI is InChI=1S/C17H28ClN/c1-6-8-14(9-7-2)17(19-5)15-10-13(4)16(18)11-12(15)3/h10-11,14,17,19H,6-9H2,1-5H3. The molecular weight excluding hydrogens is 254 g/mol. The lowest BCUT2D eigenvalue weighted by Gasteiger charge is -2.28. The van der Waals surface area contributed by atoms with Crippen LogP contribution in [-0.2, 0) is 0 Å². The molecule has 1 aromatic carbocycles. The first-order chi connectivity index (χ1) is 9.04. The highest BCUT2D eigenvalue weighted by Crippen LogP contribution is 2.33. The molecule has 0 spiro atoms. The predicted molar refractivity (Wildman–Crippen MR) is 86.0 cm³/mol. The van der Waals surface area contributed by atoms with Crippen LogP contribution in [0, 0.1) is 19.8 Å². The van der Waals surface area contributed by atoms with Crippen LogP contribution in [0.4, 0.5) is 0 Å². The van der Waals surface area contributed by atoms with E-state index < -0.39 is 0 Å². The monoisotopic (exact) mass is 281 g/mol. The highest BCUT2D eigenvalue weighted by Gasteiger charge is 2.22. The smallest absolute Gasteiger partial charge is 0.0438 e. The van der Waals surface area contributed by atoms with Crippen LogP contribution in [0.2, 0.25) is 5.02 Å². The van der Waals surface area contributed by atoms with E-state index in [1.54, 1.807) is 0 Å². The Bertz CT molecular complexity index is 394. The van der Waals surface area contributed by atoms with Gasteiger partial charge in [-0.25, -0.2) is 0 Å². The second-order valence-corrected chi connectivity index (χ2v) is 5.97. The van der Waals surface area contributed by atoms with E-state index in [-0.39, 0.29) is 0 Å². The SMILES string of the molecule is CCCC(CCC)C(NC)c1cc(C)c(Cl)cc1C. The van der Waals surface area contributed by atoms with Crippen molar-refractivity contribution >= 4 is 11.6 Å². The van der Waals surface area contributed by atoms with Gasteiger partial charge in [0.2, 0.25) is 0 Å². The van der Waals surface area contributed by atoms with E-state index in [2.05, 4.69) is 52.2 Å². The molecule has 1 aromatic rings. The zero-order valence-electron chi connectivity index (χ0n) is 13.0. The van der Waals surface area contributed by atoms with Crippen molar-refractivity contribution in [1.82, 2.24) is 5.32 Å². The number of rotatable bonds is 7. The third-order valence-corrected chi connectivity index (χ3v) is 4.39. The first-order valence-electron chi connectivity index (χ1n) is 7.49. The summed E-state index contributed by atoms with van der Waals surface area (Å²) in [6.45, 7) is 8.80. The van der Waals surface area contributed by atoms with Gasteiger partial charge in [0.1, 0.15) is 0 Å². The molecule has 0 aliphatic carbocycles. The quantitative estimate of drug-likeness (QED) is 0.702. The van der Waals surface area contributed by atoms with Gasteiger partial charge in [-0.05, 0) is 62.4 Å². The summed E-state index contributed by atoms with van der Waals surface area (Å²) in [4.78, 5) is 0. The van der Waals surface area contributed by atoms with E-state index in [1.807, 2.05) is 0 Å². The van der Waals surface area contributed by atoms with Crippen molar-refractivity contribution in [3.8, 4) is 0 Å². The molecule has 0 aliphatic rings. The van der Waals surface area contributed by atoms with Crippen LogP contribution in [0.25, 0.3) is 0 Å². The highest BCUT2D eigenvalue weighted by molar-refractivity contribution is 6.31. The van der Waals surface area contributed by atoms with Gasteiger partial charge < -0.3 is 5.32 Å². The molecule has 19 heavy (non-hydrogen) atoms. The molecule has 1 atom stereocenters. The minimum absolute atomic E-state index is 0.441. The summed E-state index contributed by atoms with van der Waals surface area (Å²) < 4.78 is 0. The Balaban J connectivity index is 3.10. The van der Waals surface area contributed by atoms with Crippen molar-refractivity contribution in [2.24, 2.45) is 5.92 Å². The van der Waals surface area contributed by atoms with Crippen LogP contribution in [0.15, 0.2) is 12.1 Å². The lowest BCUT2D eigenvalue weighted by molar-refractivity contribution is 0.330. The van der Waals surface area contributed by atoms with Gasteiger partial charge in [0.15, 0.2) is 0 Å². The molecule has 1 N–H and O–H groups in total. The first-order valence-corrected chi connectivity index (χ1v) is 7.86. The van der Waals surface area contributed by atoms with Crippen LogP contribution in [0.1, 0.15) is 62.3 Å². The highest BCUT2D eigenvalue weighted by atomic mass is 35.5. The molecule has 0 heterocycles. The van der Waals surface area contributed by atoms with Crippen molar-refractivity contribution in [3.05, 3.63) is 33.8 Å². The Morgan fingerprint density at radius 3 is 2.11 bits per heavy atom. The maximum absolute atomic E-state index is 6.22. The third-order valence-electron chi connectivity index (χ3n) is 3.98. The zero-order chi connectivity index (χ0) is 14.4. The molecule has 1 nitrogen and oxygen atoms in total. The van der Waals surface area contributed by atoms with Crippen molar-refractivity contribution in [2.45, 2.75) is 59.4 Å². The average Bonchev–Trinajstić information content (AvgIpc) is 2.37. The number of nitrogens with one attached hydrogen (secondary N) is 1. The maximum atomic E-state index is 6.22. The number of halogens is 1. The summed E-state index contributed by atoms with van der Waals surface area (Å²) in [6.07, 6.45) is 5.05. The Morgan fingerprint density at radius 1 is 1.05 bits per heavy atom. The van der Waals surface area contributed by atoms with Crippen LogP contribution >= 0.6 is 11.6 Å². The van der Waals surface area contributed by atoms with E-state index in [0.29, 0.717) is 12.0 Å². The predicted octanol–water partition coefficient (Wildman–Crippen LogP) is 5.43. The van der Waals surface area contributed by atoms with E-state index in [9.17, 15) is 0 Å². The molecule has 2 heteroatoms. The summed E-state index contributed by atoms with van der Waals surface area (Å²) in [6, 6.07) is 4.80. The second-order valence-electron chi connectivity index (χ2n) is 5.56. The molecule has 108 valence electrons.